The smallest absolute Gasteiger partial charge is 0.0904 e. The first kappa shape index (κ1) is 13.2. The fourth-order valence-electron chi connectivity index (χ4n) is 1.75. The van der Waals surface area contributed by atoms with E-state index in [0.29, 0.717) is 0 Å². The average Bonchev–Trinajstić information content (AvgIpc) is 2.68. The highest BCUT2D eigenvalue weighted by Gasteiger charge is 2.14. The Labute approximate surface area is 113 Å². The van der Waals surface area contributed by atoms with Crippen LogP contribution in [0.15, 0.2) is 30.3 Å². The summed E-state index contributed by atoms with van der Waals surface area (Å²) in [5, 5.41) is 4.63. The number of benzene rings is 1. The molecule has 2 aromatic rings. The van der Waals surface area contributed by atoms with Crippen molar-refractivity contribution in [1.29, 1.82) is 0 Å². The number of nitrogens with one attached hydrogen (secondary N) is 1. The molecular formula is C15H20N2S. The first-order chi connectivity index (χ1) is 8.46. The molecule has 1 aromatic carbocycles. The lowest BCUT2D eigenvalue weighted by molar-refractivity contribution is 0.422. The summed E-state index contributed by atoms with van der Waals surface area (Å²) in [7, 11) is 0. The van der Waals surface area contributed by atoms with E-state index in [4.69, 9.17) is 0 Å². The van der Waals surface area contributed by atoms with Crippen molar-refractivity contribution in [3.8, 4) is 10.4 Å². The maximum absolute atomic E-state index is 4.65. The quantitative estimate of drug-likeness (QED) is 0.902. The van der Waals surface area contributed by atoms with Crippen LogP contribution in [0.3, 0.4) is 0 Å². The summed E-state index contributed by atoms with van der Waals surface area (Å²) < 4.78 is 0. The molecule has 1 aromatic heterocycles. The Morgan fingerprint density at radius 2 is 1.83 bits per heavy atom. The topological polar surface area (TPSA) is 24.9 Å². The highest BCUT2D eigenvalue weighted by atomic mass is 32.1. The van der Waals surface area contributed by atoms with Crippen LogP contribution >= 0.6 is 11.3 Å². The van der Waals surface area contributed by atoms with Crippen LogP contribution in [0.4, 0.5) is 0 Å². The van der Waals surface area contributed by atoms with Crippen molar-refractivity contribution in [3.05, 3.63) is 41.0 Å². The number of thiazole rings is 1. The molecule has 2 rings (SSSR count). The minimum Gasteiger partial charge on any atom is -0.306 e. The second-order valence-corrected chi connectivity index (χ2v) is 6.68. The number of hydrogen-bond donors (Lipinski definition) is 1. The van der Waals surface area contributed by atoms with Crippen molar-refractivity contribution in [2.75, 3.05) is 0 Å². The minimum absolute atomic E-state index is 0.117. The molecule has 0 unspecified atom stereocenters. The van der Waals surface area contributed by atoms with Crippen molar-refractivity contribution in [1.82, 2.24) is 10.3 Å². The lowest BCUT2D eigenvalue weighted by atomic mass is 10.1. The van der Waals surface area contributed by atoms with Gasteiger partial charge in [0.2, 0.25) is 0 Å². The zero-order valence-corrected chi connectivity index (χ0v) is 12.3. The van der Waals surface area contributed by atoms with Crippen LogP contribution < -0.4 is 5.32 Å². The van der Waals surface area contributed by atoms with E-state index in [-0.39, 0.29) is 5.54 Å². The van der Waals surface area contributed by atoms with Gasteiger partial charge in [-0.1, -0.05) is 30.3 Å². The van der Waals surface area contributed by atoms with Gasteiger partial charge in [-0.15, -0.1) is 11.3 Å². The second kappa shape index (κ2) is 5.21. The number of nitrogens with zero attached hydrogens (tertiary/aromatic N) is 1. The highest BCUT2D eigenvalue weighted by molar-refractivity contribution is 7.15. The van der Waals surface area contributed by atoms with Crippen molar-refractivity contribution in [2.24, 2.45) is 0 Å². The Balaban J connectivity index is 2.26. The van der Waals surface area contributed by atoms with E-state index in [1.54, 1.807) is 11.3 Å². The van der Waals surface area contributed by atoms with Crippen molar-refractivity contribution < 1.29 is 0 Å². The Bertz CT molecular complexity index is 509. The molecule has 0 saturated heterocycles. The van der Waals surface area contributed by atoms with Gasteiger partial charge in [-0.3, -0.25) is 0 Å². The predicted octanol–water partition coefficient (Wildman–Crippen LogP) is 4.01. The number of rotatable bonds is 3. The largest absolute Gasteiger partial charge is 0.306 e. The van der Waals surface area contributed by atoms with Gasteiger partial charge in [0.25, 0.3) is 0 Å². The molecule has 0 saturated carbocycles. The average molecular weight is 260 g/mol. The standard InChI is InChI=1S/C15H20N2S/c1-11-17-13(10-16-15(2,3)4)14(18-11)12-8-6-5-7-9-12/h5-9,16H,10H2,1-4H3. The van der Waals surface area contributed by atoms with E-state index < -0.39 is 0 Å². The van der Waals surface area contributed by atoms with Gasteiger partial charge in [0.05, 0.1) is 15.6 Å². The van der Waals surface area contributed by atoms with Gasteiger partial charge >= 0.3 is 0 Å². The molecule has 0 spiro atoms. The molecular weight excluding hydrogens is 240 g/mol. The van der Waals surface area contributed by atoms with E-state index in [1.165, 1.54) is 10.4 Å². The molecule has 0 radical (unpaired) electrons. The number of aryl methyl sites for hydroxylation is 1. The monoisotopic (exact) mass is 260 g/mol. The fraction of sp³-hybridized carbons (Fsp3) is 0.400. The van der Waals surface area contributed by atoms with E-state index in [1.807, 2.05) is 6.07 Å². The molecule has 1 heterocycles. The molecule has 96 valence electrons. The lowest BCUT2D eigenvalue weighted by Gasteiger charge is -2.20. The van der Waals surface area contributed by atoms with E-state index in [0.717, 1.165) is 17.2 Å². The lowest BCUT2D eigenvalue weighted by Crippen LogP contribution is -2.35. The predicted molar refractivity (Wildman–Crippen MR) is 78.9 cm³/mol. The van der Waals surface area contributed by atoms with E-state index >= 15 is 0 Å². The van der Waals surface area contributed by atoms with Gasteiger partial charge in [-0.25, -0.2) is 4.98 Å². The summed E-state index contributed by atoms with van der Waals surface area (Å²) in [6, 6.07) is 10.5. The molecule has 0 fully saturated rings. The van der Waals surface area contributed by atoms with Gasteiger partial charge in [0.1, 0.15) is 0 Å². The zero-order chi connectivity index (χ0) is 13.2. The van der Waals surface area contributed by atoms with Crippen molar-refractivity contribution in [3.63, 3.8) is 0 Å². The molecule has 2 nitrogen and oxygen atoms in total. The minimum atomic E-state index is 0.117. The van der Waals surface area contributed by atoms with Gasteiger partial charge in [-0.2, -0.15) is 0 Å². The summed E-state index contributed by atoms with van der Waals surface area (Å²) in [5.41, 5.74) is 2.53. The SMILES string of the molecule is Cc1nc(CNC(C)(C)C)c(-c2ccccc2)s1. The highest BCUT2D eigenvalue weighted by Crippen LogP contribution is 2.30. The van der Waals surface area contributed by atoms with Gasteiger partial charge < -0.3 is 5.32 Å². The van der Waals surface area contributed by atoms with E-state index in [9.17, 15) is 0 Å². The third kappa shape index (κ3) is 3.40. The van der Waals surface area contributed by atoms with Gasteiger partial charge in [-0.05, 0) is 33.3 Å². The first-order valence-electron chi connectivity index (χ1n) is 6.22. The van der Waals surface area contributed by atoms with Crippen molar-refractivity contribution in [2.45, 2.75) is 39.8 Å². The molecule has 3 heteroatoms. The molecule has 0 aliphatic rings. The van der Waals surface area contributed by atoms with Crippen molar-refractivity contribution >= 4 is 11.3 Å². The summed E-state index contributed by atoms with van der Waals surface area (Å²) in [5.74, 6) is 0. The Hall–Kier alpha value is -1.19. The van der Waals surface area contributed by atoms with Crippen LogP contribution in [0.5, 0.6) is 0 Å². The summed E-state index contributed by atoms with van der Waals surface area (Å²) in [6.45, 7) is 9.41. The van der Waals surface area contributed by atoms with E-state index in [2.05, 4.69) is 62.3 Å². The second-order valence-electron chi connectivity index (χ2n) is 5.48. The third-order valence-corrected chi connectivity index (χ3v) is 3.69. The Morgan fingerprint density at radius 1 is 1.17 bits per heavy atom. The van der Waals surface area contributed by atoms with Crippen LogP contribution in [0.2, 0.25) is 0 Å². The molecule has 0 atom stereocenters. The van der Waals surface area contributed by atoms with Gasteiger partial charge in [0, 0.05) is 12.1 Å². The molecule has 0 amide bonds. The van der Waals surface area contributed by atoms with Crippen LogP contribution in [-0.4, -0.2) is 10.5 Å². The molecule has 1 N–H and O–H groups in total. The third-order valence-electron chi connectivity index (χ3n) is 2.63. The molecule has 0 aliphatic heterocycles. The number of hydrogen-bond acceptors (Lipinski definition) is 3. The molecule has 18 heavy (non-hydrogen) atoms. The first-order valence-corrected chi connectivity index (χ1v) is 7.04. The molecule has 0 bridgehead atoms. The Morgan fingerprint density at radius 3 is 2.44 bits per heavy atom. The Kier molecular flexibility index (Phi) is 3.83. The molecule has 0 aliphatic carbocycles. The summed E-state index contributed by atoms with van der Waals surface area (Å²) >= 11 is 1.77. The summed E-state index contributed by atoms with van der Waals surface area (Å²) in [6.07, 6.45) is 0. The van der Waals surface area contributed by atoms with Crippen LogP contribution in [0.25, 0.3) is 10.4 Å². The fourth-order valence-corrected chi connectivity index (χ4v) is 2.69. The van der Waals surface area contributed by atoms with Crippen LogP contribution in [0, 0.1) is 6.92 Å². The zero-order valence-electron chi connectivity index (χ0n) is 11.4. The van der Waals surface area contributed by atoms with Gasteiger partial charge in [0.15, 0.2) is 0 Å². The maximum atomic E-state index is 4.65. The van der Waals surface area contributed by atoms with Crippen LogP contribution in [0.1, 0.15) is 31.5 Å². The van der Waals surface area contributed by atoms with Crippen LogP contribution in [-0.2, 0) is 6.54 Å². The maximum Gasteiger partial charge on any atom is 0.0904 e. The number of aromatic nitrogens is 1. The normalized spacial score (nSPS) is 11.8. The summed E-state index contributed by atoms with van der Waals surface area (Å²) in [4.78, 5) is 5.93.